The number of primary amides is 1. The van der Waals surface area contributed by atoms with E-state index >= 15 is 0 Å². The second-order valence-electron chi connectivity index (χ2n) is 7.19. The molecule has 2 N–H and O–H groups in total. The van der Waals surface area contributed by atoms with Crippen molar-refractivity contribution in [3.8, 4) is 11.5 Å². The van der Waals surface area contributed by atoms with Crippen LogP contribution in [0, 0.1) is 5.92 Å². The first-order valence-corrected chi connectivity index (χ1v) is 9.53. The van der Waals surface area contributed by atoms with Crippen molar-refractivity contribution in [3.63, 3.8) is 0 Å². The Balaban J connectivity index is 1.50. The highest BCUT2D eigenvalue weighted by molar-refractivity contribution is 6.31. The van der Waals surface area contributed by atoms with Crippen LogP contribution in [0.4, 0.5) is 0 Å². The normalized spacial score (nSPS) is 19.1. The molecule has 0 aliphatic heterocycles. The van der Waals surface area contributed by atoms with Gasteiger partial charge in [-0.25, -0.2) is 4.98 Å². The van der Waals surface area contributed by atoms with E-state index in [1.807, 2.05) is 12.1 Å². The van der Waals surface area contributed by atoms with Crippen LogP contribution in [0.25, 0.3) is 22.6 Å². The van der Waals surface area contributed by atoms with E-state index in [0.29, 0.717) is 28.5 Å². The van der Waals surface area contributed by atoms with Gasteiger partial charge in [-0.1, -0.05) is 11.6 Å². The SMILES string of the molecule is CN(C(=O)c1ccc(-c2nc3ccc(Cl)cc3o2)cc1)[C@@H]1CC[C@H](C(N)=O)C1. The maximum Gasteiger partial charge on any atom is 0.253 e. The molecule has 3 aromatic rings. The summed E-state index contributed by atoms with van der Waals surface area (Å²) in [6.45, 7) is 0. The van der Waals surface area contributed by atoms with E-state index in [1.165, 1.54) is 0 Å². The molecule has 0 radical (unpaired) electrons. The molecule has 144 valence electrons. The molecule has 0 saturated heterocycles. The highest BCUT2D eigenvalue weighted by Gasteiger charge is 2.32. The Bertz CT molecular complexity index is 1040. The van der Waals surface area contributed by atoms with E-state index in [-0.39, 0.29) is 23.8 Å². The van der Waals surface area contributed by atoms with Gasteiger partial charge >= 0.3 is 0 Å². The molecule has 1 aliphatic carbocycles. The Morgan fingerprint density at radius 1 is 1.18 bits per heavy atom. The van der Waals surface area contributed by atoms with Gasteiger partial charge in [0.1, 0.15) is 5.52 Å². The van der Waals surface area contributed by atoms with Gasteiger partial charge in [0.2, 0.25) is 11.8 Å². The summed E-state index contributed by atoms with van der Waals surface area (Å²) in [6.07, 6.45) is 2.15. The number of hydrogen-bond donors (Lipinski definition) is 1. The van der Waals surface area contributed by atoms with Gasteiger partial charge in [0.25, 0.3) is 5.91 Å². The van der Waals surface area contributed by atoms with Crippen LogP contribution >= 0.6 is 11.6 Å². The van der Waals surface area contributed by atoms with E-state index in [1.54, 1.807) is 42.3 Å². The minimum atomic E-state index is -0.285. The van der Waals surface area contributed by atoms with E-state index < -0.39 is 0 Å². The lowest BCUT2D eigenvalue weighted by Crippen LogP contribution is -2.36. The van der Waals surface area contributed by atoms with E-state index in [0.717, 1.165) is 23.9 Å². The van der Waals surface area contributed by atoms with Gasteiger partial charge in [0.15, 0.2) is 5.58 Å². The number of aromatic nitrogens is 1. The van der Waals surface area contributed by atoms with Crippen LogP contribution in [-0.2, 0) is 4.79 Å². The number of nitrogens with two attached hydrogens (primary N) is 1. The Morgan fingerprint density at radius 2 is 1.93 bits per heavy atom. The fourth-order valence-corrected chi connectivity index (χ4v) is 3.88. The Morgan fingerprint density at radius 3 is 2.61 bits per heavy atom. The van der Waals surface area contributed by atoms with Crippen LogP contribution in [-0.4, -0.2) is 34.8 Å². The smallest absolute Gasteiger partial charge is 0.253 e. The summed E-state index contributed by atoms with van der Waals surface area (Å²) in [5.74, 6) is -0.0293. The summed E-state index contributed by atoms with van der Waals surface area (Å²) in [7, 11) is 1.77. The van der Waals surface area contributed by atoms with Crippen molar-refractivity contribution in [2.75, 3.05) is 7.05 Å². The molecule has 0 spiro atoms. The maximum atomic E-state index is 12.8. The third kappa shape index (κ3) is 3.47. The van der Waals surface area contributed by atoms with Crippen molar-refractivity contribution in [2.24, 2.45) is 11.7 Å². The Labute approximate surface area is 167 Å². The third-order valence-corrected chi connectivity index (χ3v) is 5.64. The van der Waals surface area contributed by atoms with Gasteiger partial charge < -0.3 is 15.1 Å². The van der Waals surface area contributed by atoms with Gasteiger partial charge in [-0.05, 0) is 55.7 Å². The molecule has 1 aliphatic rings. The summed E-state index contributed by atoms with van der Waals surface area (Å²) < 4.78 is 5.76. The minimum Gasteiger partial charge on any atom is -0.436 e. The number of hydrogen-bond acceptors (Lipinski definition) is 4. The van der Waals surface area contributed by atoms with Crippen molar-refractivity contribution in [2.45, 2.75) is 25.3 Å². The standard InChI is InChI=1S/C21H20ClN3O3/c1-25(16-8-6-14(10-16)19(23)26)21(27)13-4-2-12(3-5-13)20-24-17-9-7-15(22)11-18(17)28-20/h2-5,7,9,11,14,16H,6,8,10H2,1H3,(H2,23,26)/t14-,16+/m0/s1. The van der Waals surface area contributed by atoms with Crippen LogP contribution in [0.2, 0.25) is 5.02 Å². The quantitative estimate of drug-likeness (QED) is 0.723. The number of fused-ring (bicyclic) bond motifs is 1. The van der Waals surface area contributed by atoms with Gasteiger partial charge in [-0.3, -0.25) is 9.59 Å². The number of benzene rings is 2. The second-order valence-corrected chi connectivity index (χ2v) is 7.63. The van der Waals surface area contributed by atoms with Gasteiger partial charge in [-0.2, -0.15) is 0 Å². The average molecular weight is 398 g/mol. The number of carbonyl (C=O) groups is 2. The maximum absolute atomic E-state index is 12.8. The lowest BCUT2D eigenvalue weighted by molar-refractivity contribution is -0.121. The molecule has 2 atom stereocenters. The topological polar surface area (TPSA) is 89.4 Å². The fraction of sp³-hybridized carbons (Fsp3) is 0.286. The van der Waals surface area contributed by atoms with Crippen LogP contribution in [0.1, 0.15) is 29.6 Å². The van der Waals surface area contributed by atoms with Crippen molar-refractivity contribution in [1.29, 1.82) is 0 Å². The average Bonchev–Trinajstić information content (AvgIpc) is 3.34. The van der Waals surface area contributed by atoms with Crippen LogP contribution in [0.15, 0.2) is 46.9 Å². The second kappa shape index (κ2) is 7.28. The lowest BCUT2D eigenvalue weighted by atomic mass is 10.1. The van der Waals surface area contributed by atoms with Crippen molar-refractivity contribution in [1.82, 2.24) is 9.88 Å². The van der Waals surface area contributed by atoms with Crippen molar-refractivity contribution >= 4 is 34.5 Å². The number of amides is 2. The van der Waals surface area contributed by atoms with Gasteiger partial charge in [-0.15, -0.1) is 0 Å². The lowest BCUT2D eigenvalue weighted by Gasteiger charge is -2.24. The fourth-order valence-electron chi connectivity index (χ4n) is 3.71. The molecular formula is C21H20ClN3O3. The zero-order valence-corrected chi connectivity index (χ0v) is 16.1. The first-order chi connectivity index (χ1) is 13.4. The summed E-state index contributed by atoms with van der Waals surface area (Å²) in [4.78, 5) is 30.3. The van der Waals surface area contributed by atoms with Crippen LogP contribution in [0.5, 0.6) is 0 Å². The molecular weight excluding hydrogens is 378 g/mol. The van der Waals surface area contributed by atoms with E-state index in [2.05, 4.69) is 4.98 Å². The number of carbonyl (C=O) groups excluding carboxylic acids is 2. The molecule has 1 aromatic heterocycles. The molecule has 7 heteroatoms. The largest absolute Gasteiger partial charge is 0.436 e. The van der Waals surface area contributed by atoms with Crippen LogP contribution in [0.3, 0.4) is 0 Å². The molecule has 0 bridgehead atoms. The third-order valence-electron chi connectivity index (χ3n) is 5.40. The first kappa shape index (κ1) is 18.5. The molecule has 2 amide bonds. The summed E-state index contributed by atoms with van der Waals surface area (Å²) in [6, 6.07) is 12.5. The van der Waals surface area contributed by atoms with Crippen LogP contribution < -0.4 is 5.73 Å². The molecule has 1 fully saturated rings. The number of rotatable bonds is 4. The molecule has 0 unspecified atom stereocenters. The zero-order chi connectivity index (χ0) is 19.8. The molecule has 6 nitrogen and oxygen atoms in total. The predicted molar refractivity (Wildman–Crippen MR) is 107 cm³/mol. The van der Waals surface area contributed by atoms with E-state index in [9.17, 15) is 9.59 Å². The molecule has 2 aromatic carbocycles. The highest BCUT2D eigenvalue weighted by atomic mass is 35.5. The number of nitrogens with zero attached hydrogens (tertiary/aromatic N) is 2. The first-order valence-electron chi connectivity index (χ1n) is 9.15. The Hall–Kier alpha value is -2.86. The monoisotopic (exact) mass is 397 g/mol. The zero-order valence-electron chi connectivity index (χ0n) is 15.4. The minimum absolute atomic E-state index is 0.0338. The number of halogens is 1. The van der Waals surface area contributed by atoms with Crippen molar-refractivity contribution in [3.05, 3.63) is 53.1 Å². The summed E-state index contributed by atoms with van der Waals surface area (Å²) >= 11 is 5.98. The molecule has 1 saturated carbocycles. The molecule has 28 heavy (non-hydrogen) atoms. The highest BCUT2D eigenvalue weighted by Crippen LogP contribution is 2.30. The van der Waals surface area contributed by atoms with Crippen molar-refractivity contribution < 1.29 is 14.0 Å². The Kier molecular flexibility index (Phi) is 4.81. The van der Waals surface area contributed by atoms with Gasteiger partial charge in [0, 0.05) is 41.2 Å². The van der Waals surface area contributed by atoms with Gasteiger partial charge in [0.05, 0.1) is 0 Å². The molecule has 1 heterocycles. The number of oxazole rings is 1. The summed E-state index contributed by atoms with van der Waals surface area (Å²) in [5, 5.41) is 0.588. The molecule has 4 rings (SSSR count). The van der Waals surface area contributed by atoms with E-state index in [4.69, 9.17) is 21.8 Å². The summed E-state index contributed by atoms with van der Waals surface area (Å²) in [5.41, 5.74) is 8.09. The predicted octanol–water partition coefficient (Wildman–Crippen LogP) is 3.87.